The third kappa shape index (κ3) is 5.48. The lowest BCUT2D eigenvalue weighted by Gasteiger charge is -2.24. The normalized spacial score (nSPS) is 17.1. The third-order valence-corrected chi connectivity index (χ3v) is 5.84. The number of halogens is 3. The monoisotopic (exact) mass is 507 g/mol. The Kier molecular flexibility index (Phi) is 7.82. The van der Waals surface area contributed by atoms with E-state index in [0.29, 0.717) is 53.9 Å². The first kappa shape index (κ1) is 25.9. The number of nitrogens with zero attached hydrogens (tertiary/aromatic N) is 2. The van der Waals surface area contributed by atoms with Crippen LogP contribution in [-0.4, -0.2) is 61.3 Å². The van der Waals surface area contributed by atoms with Crippen molar-refractivity contribution >= 4 is 16.7 Å². The van der Waals surface area contributed by atoms with Crippen LogP contribution in [0.2, 0.25) is 0 Å². The van der Waals surface area contributed by atoms with E-state index >= 15 is 4.39 Å². The average Bonchev–Trinajstić information content (AvgIpc) is 2.87. The molecule has 2 N–H and O–H groups in total. The summed E-state index contributed by atoms with van der Waals surface area (Å²) in [5.41, 5.74) is -0.307. The highest BCUT2D eigenvalue weighted by Crippen LogP contribution is 2.37. The topological polar surface area (TPSA) is 95.0 Å². The Labute approximate surface area is 206 Å². The lowest BCUT2D eigenvalue weighted by molar-refractivity contribution is -0.101. The smallest absolute Gasteiger partial charge is 0.298 e. The first-order valence-electron chi connectivity index (χ1n) is 11.5. The largest absolute Gasteiger partial charge is 0.493 e. The molecule has 0 amide bonds. The number of methoxy groups -OCH3 is 1. The first-order valence-corrected chi connectivity index (χ1v) is 11.5. The fourth-order valence-electron chi connectivity index (χ4n) is 3.99. The minimum atomic E-state index is -3.70. The van der Waals surface area contributed by atoms with E-state index in [1.54, 1.807) is 26.0 Å². The van der Waals surface area contributed by atoms with Gasteiger partial charge >= 0.3 is 0 Å². The van der Waals surface area contributed by atoms with Gasteiger partial charge in [0.05, 0.1) is 44.1 Å². The number of fused-ring (bicyclic) bond motifs is 1. The number of benzene rings is 2. The van der Waals surface area contributed by atoms with Gasteiger partial charge in [0.15, 0.2) is 11.5 Å². The summed E-state index contributed by atoms with van der Waals surface area (Å²) in [6.45, 7) is 3.53. The Morgan fingerprint density at radius 1 is 1.22 bits per heavy atom. The summed E-state index contributed by atoms with van der Waals surface area (Å²) in [6.07, 6.45) is -0.224. The Bertz CT molecular complexity index is 1220. The average molecular weight is 508 g/mol. The minimum Gasteiger partial charge on any atom is -0.493 e. The van der Waals surface area contributed by atoms with Gasteiger partial charge in [-0.2, -0.15) is 8.78 Å². The van der Waals surface area contributed by atoms with E-state index < -0.39 is 30.0 Å². The van der Waals surface area contributed by atoms with Crippen molar-refractivity contribution in [2.24, 2.45) is 0 Å². The molecule has 0 aliphatic carbocycles. The number of hydrogen-bond acceptors (Lipinski definition) is 8. The van der Waals surface area contributed by atoms with Gasteiger partial charge < -0.3 is 29.4 Å². The van der Waals surface area contributed by atoms with Crippen LogP contribution in [0.5, 0.6) is 11.5 Å². The van der Waals surface area contributed by atoms with Crippen LogP contribution >= 0.6 is 0 Å². The molecule has 0 bridgehead atoms. The molecule has 1 aliphatic rings. The molecule has 1 aromatic heterocycles. The van der Waals surface area contributed by atoms with Gasteiger partial charge in [0, 0.05) is 17.0 Å². The molecule has 1 fully saturated rings. The van der Waals surface area contributed by atoms with Gasteiger partial charge in [0.1, 0.15) is 36.8 Å². The lowest BCUT2D eigenvalue weighted by Crippen LogP contribution is -2.33. The zero-order chi connectivity index (χ0) is 25.9. The van der Waals surface area contributed by atoms with Crippen molar-refractivity contribution in [2.45, 2.75) is 31.9 Å². The number of rotatable bonds is 9. The molecule has 4 rings (SSSR count). The standard InChI is InChI=1S/C25H28F3N3O5/c1-14(17-5-4-6-19(23(17)26)25(27,28)13-32)29-24-18-9-22(36-12-16-11-34-7-8-35-16)21(33-3)10-20(18)30-15(2)31-24/h4-6,9-10,14,16,32H,7-8,11-13H2,1-3H3,(H,29,30,31)/t14-,16+/m1/s1. The molecule has 0 radical (unpaired) electrons. The second kappa shape index (κ2) is 10.9. The van der Waals surface area contributed by atoms with E-state index in [9.17, 15) is 8.78 Å². The van der Waals surface area contributed by atoms with Gasteiger partial charge in [-0.05, 0) is 26.0 Å². The fraction of sp³-hybridized carbons (Fsp3) is 0.440. The second-order valence-electron chi connectivity index (χ2n) is 8.46. The molecule has 1 saturated heterocycles. The summed E-state index contributed by atoms with van der Waals surface area (Å²) >= 11 is 0. The van der Waals surface area contributed by atoms with Crippen LogP contribution in [0.4, 0.5) is 19.0 Å². The van der Waals surface area contributed by atoms with Crippen molar-refractivity contribution in [1.29, 1.82) is 0 Å². The van der Waals surface area contributed by atoms with Crippen LogP contribution in [0.1, 0.15) is 29.9 Å². The van der Waals surface area contributed by atoms with Crippen molar-refractivity contribution in [2.75, 3.05) is 45.5 Å². The predicted octanol–water partition coefficient (Wildman–Crippen LogP) is 4.14. The SMILES string of the molecule is COc1cc2nc(C)nc(N[C@H](C)c3cccc(C(F)(F)CO)c3F)c2cc1OC[C@@H]1COCCO1. The number of alkyl halides is 2. The Morgan fingerprint density at radius 2 is 2.03 bits per heavy atom. The van der Waals surface area contributed by atoms with Gasteiger partial charge in [-0.25, -0.2) is 14.4 Å². The number of nitrogens with one attached hydrogen (secondary N) is 1. The molecule has 0 spiro atoms. The van der Waals surface area contributed by atoms with Crippen LogP contribution in [0, 0.1) is 12.7 Å². The molecule has 8 nitrogen and oxygen atoms in total. The summed E-state index contributed by atoms with van der Waals surface area (Å²) in [5, 5.41) is 12.7. The predicted molar refractivity (Wildman–Crippen MR) is 126 cm³/mol. The first-order chi connectivity index (χ1) is 17.2. The number of aliphatic hydroxyl groups is 1. The van der Waals surface area contributed by atoms with E-state index in [0.717, 1.165) is 6.07 Å². The van der Waals surface area contributed by atoms with E-state index in [1.807, 2.05) is 0 Å². The van der Waals surface area contributed by atoms with Crippen molar-refractivity contribution in [1.82, 2.24) is 9.97 Å². The molecule has 0 saturated carbocycles. The molecule has 36 heavy (non-hydrogen) atoms. The zero-order valence-electron chi connectivity index (χ0n) is 20.2. The fourth-order valence-corrected chi connectivity index (χ4v) is 3.99. The van der Waals surface area contributed by atoms with E-state index in [1.165, 1.54) is 19.2 Å². The molecule has 194 valence electrons. The quantitative estimate of drug-likeness (QED) is 0.447. The van der Waals surface area contributed by atoms with Crippen LogP contribution < -0.4 is 14.8 Å². The summed E-state index contributed by atoms with van der Waals surface area (Å²) in [4.78, 5) is 8.92. The number of aliphatic hydroxyl groups excluding tert-OH is 1. The van der Waals surface area contributed by atoms with E-state index in [-0.39, 0.29) is 18.3 Å². The number of anilines is 1. The van der Waals surface area contributed by atoms with Crippen LogP contribution in [0.25, 0.3) is 10.9 Å². The highest BCUT2D eigenvalue weighted by molar-refractivity contribution is 5.92. The molecule has 1 aliphatic heterocycles. The Hall–Kier alpha value is -3.15. The van der Waals surface area contributed by atoms with Crippen molar-refractivity contribution in [3.63, 3.8) is 0 Å². The van der Waals surface area contributed by atoms with Crippen LogP contribution in [-0.2, 0) is 15.4 Å². The third-order valence-electron chi connectivity index (χ3n) is 5.84. The van der Waals surface area contributed by atoms with Crippen molar-refractivity contribution < 1.29 is 37.2 Å². The molecule has 2 aromatic carbocycles. The van der Waals surface area contributed by atoms with Gasteiger partial charge in [0.2, 0.25) is 0 Å². The Balaban J connectivity index is 1.66. The molecule has 11 heteroatoms. The minimum absolute atomic E-state index is 0.00414. The van der Waals surface area contributed by atoms with E-state index in [4.69, 9.17) is 24.1 Å². The molecule has 2 atom stereocenters. The van der Waals surface area contributed by atoms with Crippen LogP contribution in [0.3, 0.4) is 0 Å². The maximum atomic E-state index is 15.0. The number of hydrogen-bond donors (Lipinski definition) is 2. The number of aryl methyl sites for hydroxylation is 1. The number of aromatic nitrogens is 2. The van der Waals surface area contributed by atoms with Crippen molar-refractivity contribution in [3.8, 4) is 11.5 Å². The molecular weight excluding hydrogens is 479 g/mol. The van der Waals surface area contributed by atoms with Gasteiger partial charge in [-0.15, -0.1) is 0 Å². The van der Waals surface area contributed by atoms with Gasteiger partial charge in [-0.3, -0.25) is 0 Å². The lowest BCUT2D eigenvalue weighted by atomic mass is 10.00. The highest BCUT2D eigenvalue weighted by atomic mass is 19.3. The molecule has 0 unspecified atom stereocenters. The summed E-state index contributed by atoms with van der Waals surface area (Å²) in [6, 6.07) is 6.37. The molecular formula is C25H28F3N3O5. The maximum Gasteiger partial charge on any atom is 0.298 e. The molecule has 3 aromatic rings. The Morgan fingerprint density at radius 3 is 2.72 bits per heavy atom. The van der Waals surface area contributed by atoms with E-state index in [2.05, 4.69) is 15.3 Å². The van der Waals surface area contributed by atoms with Crippen LogP contribution in [0.15, 0.2) is 30.3 Å². The molecule has 2 heterocycles. The summed E-state index contributed by atoms with van der Waals surface area (Å²) in [7, 11) is 1.52. The second-order valence-corrected chi connectivity index (χ2v) is 8.46. The van der Waals surface area contributed by atoms with Gasteiger partial charge in [0.25, 0.3) is 5.92 Å². The van der Waals surface area contributed by atoms with Crippen molar-refractivity contribution in [3.05, 3.63) is 53.1 Å². The number of ether oxygens (including phenoxy) is 4. The zero-order valence-corrected chi connectivity index (χ0v) is 20.2. The summed E-state index contributed by atoms with van der Waals surface area (Å²) < 4.78 is 65.5. The van der Waals surface area contributed by atoms with Gasteiger partial charge in [-0.1, -0.05) is 12.1 Å². The highest BCUT2D eigenvalue weighted by Gasteiger charge is 2.35. The summed E-state index contributed by atoms with van der Waals surface area (Å²) in [5.74, 6) is -3.09. The maximum absolute atomic E-state index is 15.0.